The highest BCUT2D eigenvalue weighted by Gasteiger charge is 2.32. The van der Waals surface area contributed by atoms with Gasteiger partial charge in [-0.3, -0.25) is 0 Å². The van der Waals surface area contributed by atoms with Gasteiger partial charge in [-0.05, 0) is 131 Å². The van der Waals surface area contributed by atoms with Crippen LogP contribution in [-0.4, -0.2) is 158 Å². The summed E-state index contributed by atoms with van der Waals surface area (Å²) in [6.07, 6.45) is 0. The summed E-state index contributed by atoms with van der Waals surface area (Å²) in [6, 6.07) is 31.6. The number of nitrogens with two attached hydrogens (primary N) is 1. The lowest BCUT2D eigenvalue weighted by Crippen LogP contribution is -2.48. The summed E-state index contributed by atoms with van der Waals surface area (Å²) in [6.45, 7) is 18.5. The molecule has 3 aliphatic heterocycles. The number of aromatic nitrogens is 6. The van der Waals surface area contributed by atoms with E-state index in [2.05, 4.69) is 62.7 Å². The van der Waals surface area contributed by atoms with Crippen LogP contribution in [0.5, 0.6) is 0 Å². The zero-order valence-electron chi connectivity index (χ0n) is 44.5. The normalized spacial score (nSPS) is 15.9. The van der Waals surface area contributed by atoms with Crippen molar-refractivity contribution in [2.24, 2.45) is 0 Å². The molecule has 28 heteroatoms. The molecule has 0 radical (unpaired) electrons. The fraction of sp³-hybridized carbons (Fsp3) is 0.423. The topological polar surface area (TPSA) is 295 Å². The molecule has 6 N–H and O–H groups in total. The van der Waals surface area contributed by atoms with Crippen molar-refractivity contribution in [3.63, 3.8) is 0 Å². The van der Waals surface area contributed by atoms with Gasteiger partial charge in [0.05, 0.1) is 16.8 Å². The summed E-state index contributed by atoms with van der Waals surface area (Å²) in [4.78, 5) is 6.60. The molecule has 0 saturated carbocycles. The van der Waals surface area contributed by atoms with E-state index in [0.717, 1.165) is 54.2 Å². The van der Waals surface area contributed by atoms with Crippen LogP contribution in [0.3, 0.4) is 0 Å². The highest BCUT2D eigenvalue weighted by atomic mass is 35.7. The highest BCUT2D eigenvalue weighted by Crippen LogP contribution is 2.28. The molecule has 9 rings (SSSR count). The maximum absolute atomic E-state index is 12.6. The molecular formula is C52H70Cl3N13O9S3. The second-order valence-electron chi connectivity index (χ2n) is 20.0. The number of hydrogen-bond acceptors (Lipinski definition) is 20. The van der Waals surface area contributed by atoms with Crippen LogP contribution < -0.4 is 25.8 Å². The lowest BCUT2D eigenvalue weighted by Gasteiger charge is -2.35. The van der Waals surface area contributed by atoms with Gasteiger partial charge in [0.25, 0.3) is 29.1 Å². The minimum absolute atomic E-state index is 0. The largest absolute Gasteiger partial charge is 0.386 e. The molecule has 0 unspecified atom stereocenters. The Bertz CT molecular complexity index is 3100. The third-order valence-electron chi connectivity index (χ3n) is 12.7. The monoisotopic (exact) mass is 1220 g/mol. The van der Waals surface area contributed by atoms with E-state index in [9.17, 15) is 40.6 Å². The minimum atomic E-state index is -3.78. The summed E-state index contributed by atoms with van der Waals surface area (Å²) in [5, 5.41) is 54.2. The number of rotatable bonds is 11. The molecule has 3 saturated heterocycles. The minimum Gasteiger partial charge on any atom is -0.386 e. The number of halogens is 3. The Morgan fingerprint density at radius 2 is 0.738 bits per heavy atom. The number of piperazine rings is 3. The summed E-state index contributed by atoms with van der Waals surface area (Å²) in [5.41, 5.74) is 8.84. The Balaban J connectivity index is 0.000000205. The quantitative estimate of drug-likeness (QED) is 0.0975. The molecule has 3 fully saturated rings. The molecule has 0 atom stereocenters. The van der Waals surface area contributed by atoms with E-state index in [1.54, 1.807) is 27.7 Å². The Kier molecular flexibility index (Phi) is 22.5. The number of hydrogen-bond donors (Lipinski definition) is 5. The van der Waals surface area contributed by atoms with Crippen LogP contribution in [-0.2, 0) is 45.9 Å². The number of nitrogens with one attached hydrogen (secondary N) is 1. The van der Waals surface area contributed by atoms with Gasteiger partial charge in [-0.2, -0.15) is 8.61 Å². The van der Waals surface area contributed by atoms with Crippen molar-refractivity contribution in [3.8, 4) is 0 Å². The molecule has 0 spiro atoms. The zero-order valence-corrected chi connectivity index (χ0v) is 49.2. The van der Waals surface area contributed by atoms with Crippen molar-refractivity contribution in [1.82, 2.24) is 44.5 Å². The molecule has 80 heavy (non-hydrogen) atoms. The molecule has 436 valence electrons. The number of sulfonamides is 2. The third kappa shape index (κ3) is 18.3. The van der Waals surface area contributed by atoms with Crippen LogP contribution in [0.25, 0.3) is 0 Å². The highest BCUT2D eigenvalue weighted by molar-refractivity contribution is 8.13. The first kappa shape index (κ1) is 65.4. The zero-order chi connectivity index (χ0) is 58.0. The van der Waals surface area contributed by atoms with E-state index in [0.29, 0.717) is 52.4 Å². The van der Waals surface area contributed by atoms with Crippen LogP contribution in [0.4, 0.5) is 22.9 Å². The van der Waals surface area contributed by atoms with Crippen LogP contribution in [0.2, 0.25) is 10.3 Å². The molecule has 0 amide bonds. The molecule has 6 aromatic rings. The second kappa shape index (κ2) is 27.6. The maximum atomic E-state index is 12.6. The molecule has 0 aliphatic carbocycles. The number of nitrogens with zero attached hydrogens (tertiary/aromatic N) is 11. The van der Waals surface area contributed by atoms with Gasteiger partial charge in [0, 0.05) is 106 Å². The van der Waals surface area contributed by atoms with Gasteiger partial charge in [-0.25, -0.2) is 25.3 Å². The summed E-state index contributed by atoms with van der Waals surface area (Å²) < 4.78 is 74.5. The van der Waals surface area contributed by atoms with Gasteiger partial charge in [-0.15, -0.1) is 30.6 Å². The molecule has 6 heterocycles. The van der Waals surface area contributed by atoms with Gasteiger partial charge in [0.1, 0.15) is 5.82 Å². The Hall–Kier alpha value is -5.42. The first-order valence-electron chi connectivity index (χ1n) is 24.9. The third-order valence-corrected chi connectivity index (χ3v) is 17.9. The van der Waals surface area contributed by atoms with Crippen molar-refractivity contribution < 1.29 is 40.6 Å². The predicted octanol–water partition coefficient (Wildman–Crippen LogP) is 5.68. The summed E-state index contributed by atoms with van der Waals surface area (Å²) in [7, 11) is -6.18. The lowest BCUT2D eigenvalue weighted by atomic mass is 9.98. The molecule has 0 bridgehead atoms. The standard InChI is InChI=1S/C17H21ClN4O3S.C17H23N5O3S.C13H20N2O.C4H2Cl2N2O2S.CH4/c2*1-17(2,23)13-3-5-14(6-4-13)21-9-11-22(12-10-21)26(24,25)16-8-7-15(18)19-20-16;1-13(2,16)11-3-5-12(6-4-11)15-9-7-14-8-10-15;5-3-1-2-4(8-7-3)11(6,9)10;/h3-8,23H,9-12H2,1-2H3;3-8,23H,9-12H2,1-2H3,(H2,18,19);3-6,14,16H,7-10H2,1-2H3;1-2H;1H4. The van der Waals surface area contributed by atoms with Gasteiger partial charge in [-0.1, -0.05) is 67.0 Å². The van der Waals surface area contributed by atoms with Crippen molar-refractivity contribution in [2.45, 2.75) is 80.9 Å². The first-order chi connectivity index (χ1) is 36.9. The van der Waals surface area contributed by atoms with Gasteiger partial charge in [0.2, 0.25) is 0 Å². The van der Waals surface area contributed by atoms with Crippen LogP contribution >= 0.6 is 33.9 Å². The maximum Gasteiger partial charge on any atom is 0.280 e. The van der Waals surface area contributed by atoms with Gasteiger partial charge >= 0.3 is 0 Å². The van der Waals surface area contributed by atoms with Crippen molar-refractivity contribution in [3.05, 3.63) is 136 Å². The van der Waals surface area contributed by atoms with Gasteiger partial charge < -0.3 is 41.1 Å². The Morgan fingerprint density at radius 3 is 1.01 bits per heavy atom. The van der Waals surface area contributed by atoms with Crippen molar-refractivity contribution >= 4 is 85.9 Å². The Morgan fingerprint density at radius 1 is 0.438 bits per heavy atom. The van der Waals surface area contributed by atoms with Gasteiger partial charge in [0.15, 0.2) is 25.4 Å². The van der Waals surface area contributed by atoms with Crippen LogP contribution in [0.15, 0.2) is 124 Å². The van der Waals surface area contributed by atoms with Crippen molar-refractivity contribution in [2.75, 3.05) is 99.0 Å². The summed E-state index contributed by atoms with van der Waals surface area (Å²) in [5.74, 6) is 0.184. The van der Waals surface area contributed by atoms with Crippen molar-refractivity contribution in [1.29, 1.82) is 0 Å². The number of nitrogen functional groups attached to an aromatic ring is 1. The molecule has 3 aliphatic rings. The number of anilines is 4. The molecule has 3 aromatic heterocycles. The SMILES string of the molecule is C.CC(C)(O)c1ccc(N2CCN(S(=O)(=O)c3ccc(Cl)nn3)CC2)cc1.CC(C)(O)c1ccc(N2CCN(S(=O)(=O)c3ccc(N)nn3)CC2)cc1.CC(C)(O)c1ccc(N2CCNCC2)cc1.O=S(=O)(Cl)c1ccc(Cl)nn1. The molecular weight excluding hydrogens is 1150 g/mol. The second-order valence-corrected chi connectivity index (χ2v) is 27.0. The van der Waals surface area contributed by atoms with E-state index in [-0.39, 0.29) is 38.6 Å². The Labute approximate surface area is 484 Å². The fourth-order valence-corrected chi connectivity index (χ4v) is 11.5. The first-order valence-corrected chi connectivity index (χ1v) is 30.8. The van der Waals surface area contributed by atoms with E-state index < -0.39 is 45.9 Å². The van der Waals surface area contributed by atoms with E-state index >= 15 is 0 Å². The number of benzene rings is 3. The predicted molar refractivity (Wildman–Crippen MR) is 312 cm³/mol. The number of aliphatic hydroxyl groups is 3. The van der Waals surface area contributed by atoms with E-state index in [1.807, 2.05) is 74.5 Å². The average molecular weight is 1220 g/mol. The lowest BCUT2D eigenvalue weighted by molar-refractivity contribution is 0.0780. The van der Waals surface area contributed by atoms with E-state index in [4.69, 9.17) is 39.6 Å². The average Bonchev–Trinajstić information content (AvgIpc) is 3.44. The fourth-order valence-electron chi connectivity index (χ4n) is 8.14. The van der Waals surface area contributed by atoms with E-state index in [1.165, 1.54) is 50.7 Å². The smallest absolute Gasteiger partial charge is 0.280 e. The van der Waals surface area contributed by atoms with Crippen LogP contribution in [0.1, 0.15) is 65.7 Å². The molecule has 22 nitrogen and oxygen atoms in total. The molecule has 3 aromatic carbocycles. The summed E-state index contributed by atoms with van der Waals surface area (Å²) >= 11 is 11.0. The van der Waals surface area contributed by atoms with Crippen LogP contribution in [0, 0.1) is 0 Å².